The van der Waals surface area contributed by atoms with E-state index in [-0.39, 0.29) is 17.9 Å². The molecule has 0 aliphatic carbocycles. The van der Waals surface area contributed by atoms with Crippen LogP contribution >= 0.6 is 0 Å². The molecule has 4 nitrogen and oxygen atoms in total. The molecular weight excluding hydrogens is 192 g/mol. The lowest BCUT2D eigenvalue weighted by Crippen LogP contribution is -2.42. The van der Waals surface area contributed by atoms with Crippen molar-refractivity contribution in [2.45, 2.75) is 26.3 Å². The molecular formula is C11H22N2O2. The molecule has 1 heterocycles. The van der Waals surface area contributed by atoms with Crippen LogP contribution in [0.2, 0.25) is 0 Å². The van der Waals surface area contributed by atoms with Crippen LogP contribution in [0, 0.1) is 11.8 Å². The van der Waals surface area contributed by atoms with Gasteiger partial charge in [0.1, 0.15) is 0 Å². The first kappa shape index (κ1) is 12.5. The topological polar surface area (TPSA) is 55.6 Å². The molecule has 0 bridgehead atoms. The Bertz CT molecular complexity index is 219. The van der Waals surface area contributed by atoms with Gasteiger partial charge in [-0.05, 0) is 12.3 Å². The number of hydrogen-bond acceptors (Lipinski definition) is 3. The van der Waals surface area contributed by atoms with Gasteiger partial charge in [0.15, 0.2) is 0 Å². The summed E-state index contributed by atoms with van der Waals surface area (Å²) in [7, 11) is 1.84. The van der Waals surface area contributed by atoms with Gasteiger partial charge in [-0.2, -0.15) is 0 Å². The minimum Gasteiger partial charge on any atom is -0.379 e. The summed E-state index contributed by atoms with van der Waals surface area (Å²) in [5.41, 5.74) is 5.80. The molecule has 0 aromatic heterocycles. The average molecular weight is 214 g/mol. The van der Waals surface area contributed by atoms with Gasteiger partial charge in [-0.25, -0.2) is 0 Å². The molecule has 88 valence electrons. The van der Waals surface area contributed by atoms with E-state index >= 15 is 0 Å². The first-order valence-electron chi connectivity index (χ1n) is 5.60. The van der Waals surface area contributed by atoms with Gasteiger partial charge in [-0.15, -0.1) is 0 Å². The standard InChI is InChI=1S/C11H22N2O2/c1-8(2)4-5-13(3)11(14)9-6-15-7-10(9)12/h8-10H,4-7,12H2,1-3H3. The van der Waals surface area contributed by atoms with Crippen molar-refractivity contribution in [1.29, 1.82) is 0 Å². The van der Waals surface area contributed by atoms with Crippen molar-refractivity contribution >= 4 is 5.91 Å². The van der Waals surface area contributed by atoms with Crippen molar-refractivity contribution in [2.24, 2.45) is 17.6 Å². The summed E-state index contributed by atoms with van der Waals surface area (Å²) in [5.74, 6) is 0.608. The van der Waals surface area contributed by atoms with Gasteiger partial charge in [-0.1, -0.05) is 13.8 Å². The Balaban J connectivity index is 2.38. The quantitative estimate of drug-likeness (QED) is 0.740. The molecule has 2 N–H and O–H groups in total. The fraction of sp³-hybridized carbons (Fsp3) is 0.909. The van der Waals surface area contributed by atoms with E-state index in [0.717, 1.165) is 13.0 Å². The molecule has 15 heavy (non-hydrogen) atoms. The van der Waals surface area contributed by atoms with E-state index in [1.807, 2.05) is 7.05 Å². The van der Waals surface area contributed by atoms with Crippen molar-refractivity contribution in [3.8, 4) is 0 Å². The summed E-state index contributed by atoms with van der Waals surface area (Å²) in [6, 6.07) is -0.126. The molecule has 0 saturated carbocycles. The Morgan fingerprint density at radius 2 is 2.20 bits per heavy atom. The summed E-state index contributed by atoms with van der Waals surface area (Å²) in [4.78, 5) is 13.7. The summed E-state index contributed by atoms with van der Waals surface area (Å²) < 4.78 is 5.19. The molecule has 2 unspecified atom stereocenters. The predicted octanol–water partition coefficient (Wildman–Crippen LogP) is 0.465. The number of ether oxygens (including phenoxy) is 1. The van der Waals surface area contributed by atoms with Gasteiger partial charge in [0.25, 0.3) is 0 Å². The molecule has 0 aromatic carbocycles. The summed E-state index contributed by atoms with van der Waals surface area (Å²) in [5, 5.41) is 0. The highest BCUT2D eigenvalue weighted by Gasteiger charge is 2.32. The third kappa shape index (κ3) is 3.47. The van der Waals surface area contributed by atoms with Crippen LogP contribution in [0.5, 0.6) is 0 Å². The summed E-state index contributed by atoms with van der Waals surface area (Å²) in [6.07, 6.45) is 1.03. The maximum atomic E-state index is 11.9. The Kier molecular flexibility index (Phi) is 4.54. The van der Waals surface area contributed by atoms with Gasteiger partial charge in [0.2, 0.25) is 5.91 Å². The van der Waals surface area contributed by atoms with Crippen LogP contribution in [0.15, 0.2) is 0 Å². The van der Waals surface area contributed by atoms with Crippen molar-refractivity contribution in [3.05, 3.63) is 0 Å². The average Bonchev–Trinajstić information content (AvgIpc) is 2.59. The monoisotopic (exact) mass is 214 g/mol. The zero-order valence-corrected chi connectivity index (χ0v) is 9.90. The van der Waals surface area contributed by atoms with E-state index in [0.29, 0.717) is 19.1 Å². The number of rotatable bonds is 4. The third-order valence-corrected chi connectivity index (χ3v) is 2.86. The van der Waals surface area contributed by atoms with Crippen molar-refractivity contribution in [1.82, 2.24) is 4.90 Å². The van der Waals surface area contributed by atoms with Gasteiger partial charge in [0, 0.05) is 19.6 Å². The van der Waals surface area contributed by atoms with Gasteiger partial charge in [-0.3, -0.25) is 4.79 Å². The highest BCUT2D eigenvalue weighted by Crippen LogP contribution is 2.14. The van der Waals surface area contributed by atoms with Gasteiger partial charge < -0.3 is 15.4 Å². The second-order valence-electron chi connectivity index (χ2n) is 4.75. The lowest BCUT2D eigenvalue weighted by molar-refractivity contribution is -0.134. The Labute approximate surface area is 91.8 Å². The Hall–Kier alpha value is -0.610. The van der Waals surface area contributed by atoms with Crippen molar-refractivity contribution in [3.63, 3.8) is 0 Å². The van der Waals surface area contributed by atoms with Crippen LogP contribution in [0.25, 0.3) is 0 Å². The zero-order chi connectivity index (χ0) is 11.4. The highest BCUT2D eigenvalue weighted by molar-refractivity contribution is 5.79. The van der Waals surface area contributed by atoms with E-state index in [1.54, 1.807) is 4.90 Å². The van der Waals surface area contributed by atoms with Crippen LogP contribution in [-0.4, -0.2) is 43.7 Å². The Morgan fingerprint density at radius 3 is 2.67 bits per heavy atom. The zero-order valence-electron chi connectivity index (χ0n) is 9.90. The normalized spacial score (nSPS) is 25.9. The van der Waals surface area contributed by atoms with E-state index in [2.05, 4.69) is 13.8 Å². The number of nitrogens with zero attached hydrogens (tertiary/aromatic N) is 1. The van der Waals surface area contributed by atoms with E-state index in [4.69, 9.17) is 10.5 Å². The number of hydrogen-bond donors (Lipinski definition) is 1. The molecule has 0 aromatic rings. The second kappa shape index (κ2) is 5.47. The van der Waals surface area contributed by atoms with Crippen LogP contribution in [-0.2, 0) is 9.53 Å². The second-order valence-corrected chi connectivity index (χ2v) is 4.75. The van der Waals surface area contributed by atoms with Crippen LogP contribution < -0.4 is 5.73 Å². The largest absolute Gasteiger partial charge is 0.379 e. The molecule has 4 heteroatoms. The number of carbonyl (C=O) groups excluding carboxylic acids is 1. The lowest BCUT2D eigenvalue weighted by Gasteiger charge is -2.23. The lowest BCUT2D eigenvalue weighted by atomic mass is 10.0. The minimum atomic E-state index is -0.137. The highest BCUT2D eigenvalue weighted by atomic mass is 16.5. The van der Waals surface area contributed by atoms with Crippen LogP contribution in [0.3, 0.4) is 0 Å². The summed E-state index contributed by atoms with van der Waals surface area (Å²) >= 11 is 0. The summed E-state index contributed by atoms with van der Waals surface area (Å²) in [6.45, 7) is 6.10. The molecule has 2 atom stereocenters. The van der Waals surface area contributed by atoms with E-state index in [1.165, 1.54) is 0 Å². The predicted molar refractivity (Wildman–Crippen MR) is 59.4 cm³/mol. The van der Waals surface area contributed by atoms with Crippen molar-refractivity contribution in [2.75, 3.05) is 26.8 Å². The molecule has 0 radical (unpaired) electrons. The fourth-order valence-corrected chi connectivity index (χ4v) is 1.67. The SMILES string of the molecule is CC(C)CCN(C)C(=O)C1COCC1N. The van der Waals surface area contributed by atoms with E-state index < -0.39 is 0 Å². The van der Waals surface area contributed by atoms with Crippen LogP contribution in [0.4, 0.5) is 0 Å². The molecule has 1 aliphatic rings. The number of amides is 1. The number of nitrogens with two attached hydrogens (primary N) is 1. The minimum absolute atomic E-state index is 0.126. The molecule has 1 fully saturated rings. The number of carbonyl (C=O) groups is 1. The maximum absolute atomic E-state index is 11.9. The van der Waals surface area contributed by atoms with Crippen molar-refractivity contribution < 1.29 is 9.53 Å². The van der Waals surface area contributed by atoms with E-state index in [9.17, 15) is 4.79 Å². The fourth-order valence-electron chi connectivity index (χ4n) is 1.67. The smallest absolute Gasteiger partial charge is 0.229 e. The van der Waals surface area contributed by atoms with Gasteiger partial charge in [0.05, 0.1) is 19.1 Å². The molecule has 1 amide bonds. The molecule has 1 saturated heterocycles. The molecule has 1 rings (SSSR count). The maximum Gasteiger partial charge on any atom is 0.229 e. The molecule has 0 spiro atoms. The Morgan fingerprint density at radius 1 is 1.53 bits per heavy atom. The first-order valence-corrected chi connectivity index (χ1v) is 5.60. The van der Waals surface area contributed by atoms with Crippen LogP contribution in [0.1, 0.15) is 20.3 Å². The first-order chi connectivity index (χ1) is 7.02. The van der Waals surface area contributed by atoms with Gasteiger partial charge >= 0.3 is 0 Å². The molecule has 1 aliphatic heterocycles. The third-order valence-electron chi connectivity index (χ3n) is 2.86.